The van der Waals surface area contributed by atoms with E-state index in [4.69, 9.17) is 13.9 Å². The lowest BCUT2D eigenvalue weighted by Gasteiger charge is -2.08. The molecule has 0 amide bonds. The van der Waals surface area contributed by atoms with Crippen molar-refractivity contribution in [1.82, 2.24) is 15.2 Å². The molecule has 3 rings (SSSR count). The zero-order valence-electron chi connectivity index (χ0n) is 14.8. The summed E-state index contributed by atoms with van der Waals surface area (Å²) < 4.78 is 16.2. The summed E-state index contributed by atoms with van der Waals surface area (Å²) in [4.78, 5) is 16.5. The minimum Gasteiger partial charge on any atom is -0.486 e. The van der Waals surface area contributed by atoms with Gasteiger partial charge in [-0.15, -0.1) is 21.5 Å². The average Bonchev–Trinajstić information content (AvgIpc) is 3.23. The average molecular weight is 373 g/mol. The molecular formula is C18H19N3O4S. The number of hydrogen-bond acceptors (Lipinski definition) is 8. The van der Waals surface area contributed by atoms with Crippen molar-refractivity contribution in [2.45, 2.75) is 39.9 Å². The van der Waals surface area contributed by atoms with Gasteiger partial charge < -0.3 is 13.9 Å². The summed E-state index contributed by atoms with van der Waals surface area (Å²) in [5.41, 5.74) is 1.83. The second-order valence-corrected chi connectivity index (χ2v) is 6.75. The first-order valence-corrected chi connectivity index (χ1v) is 9.00. The molecule has 1 atom stereocenters. The predicted molar refractivity (Wildman–Crippen MR) is 94.9 cm³/mol. The Morgan fingerprint density at radius 2 is 2.00 bits per heavy atom. The number of hydrogen-bond donors (Lipinski definition) is 0. The summed E-state index contributed by atoms with van der Waals surface area (Å²) in [6, 6.07) is 7.82. The van der Waals surface area contributed by atoms with Gasteiger partial charge in [-0.1, -0.05) is 17.7 Å². The first-order chi connectivity index (χ1) is 12.5. The van der Waals surface area contributed by atoms with Gasteiger partial charge >= 0.3 is 5.97 Å². The number of esters is 1. The standard InChI is InChI=1S/C18H19N3O4S/c1-11-4-6-15(7-5-11)23-9-16-19-14(10-26-16)8-17(22)24-12(2)18-21-20-13(3)25-18/h4-7,10,12H,8-9H2,1-3H3. The smallest absolute Gasteiger partial charge is 0.312 e. The number of nitrogens with zero attached hydrogens (tertiary/aromatic N) is 3. The van der Waals surface area contributed by atoms with Crippen molar-refractivity contribution in [1.29, 1.82) is 0 Å². The van der Waals surface area contributed by atoms with Crippen LogP contribution >= 0.6 is 11.3 Å². The lowest BCUT2D eigenvalue weighted by Crippen LogP contribution is -2.12. The summed E-state index contributed by atoms with van der Waals surface area (Å²) in [5.74, 6) is 1.10. The quantitative estimate of drug-likeness (QED) is 0.585. The SMILES string of the molecule is Cc1ccc(OCc2nc(CC(=O)OC(C)c3nnc(C)o3)cs2)cc1. The van der Waals surface area contributed by atoms with E-state index in [2.05, 4.69) is 15.2 Å². The first kappa shape index (κ1) is 18.1. The molecule has 2 heterocycles. The maximum absolute atomic E-state index is 12.0. The van der Waals surface area contributed by atoms with Gasteiger partial charge in [0.1, 0.15) is 17.4 Å². The molecule has 0 spiro atoms. The van der Waals surface area contributed by atoms with Gasteiger partial charge in [0, 0.05) is 12.3 Å². The van der Waals surface area contributed by atoms with E-state index in [1.54, 1.807) is 13.8 Å². The Balaban J connectivity index is 1.49. The first-order valence-electron chi connectivity index (χ1n) is 8.12. The number of benzene rings is 1. The second kappa shape index (κ2) is 8.09. The maximum atomic E-state index is 12.0. The molecule has 0 aliphatic heterocycles. The largest absolute Gasteiger partial charge is 0.486 e. The lowest BCUT2D eigenvalue weighted by atomic mass is 10.2. The van der Waals surface area contributed by atoms with Gasteiger partial charge in [-0.25, -0.2) is 4.98 Å². The number of carbonyl (C=O) groups is 1. The Labute approximate surface area is 155 Å². The summed E-state index contributed by atoms with van der Waals surface area (Å²) in [7, 11) is 0. The number of thiazole rings is 1. The van der Waals surface area contributed by atoms with Crippen molar-refractivity contribution < 1.29 is 18.7 Å². The molecular weight excluding hydrogens is 354 g/mol. The Hall–Kier alpha value is -2.74. The molecule has 1 aromatic carbocycles. The van der Waals surface area contributed by atoms with Crippen LogP contribution in [0.3, 0.4) is 0 Å². The van der Waals surface area contributed by atoms with Crippen LogP contribution in [0.2, 0.25) is 0 Å². The third-order valence-corrected chi connectivity index (χ3v) is 4.38. The number of aryl methyl sites for hydroxylation is 2. The van der Waals surface area contributed by atoms with Crippen molar-refractivity contribution in [3.63, 3.8) is 0 Å². The third-order valence-electron chi connectivity index (χ3n) is 3.51. The highest BCUT2D eigenvalue weighted by atomic mass is 32.1. The summed E-state index contributed by atoms with van der Waals surface area (Å²) in [6.45, 7) is 5.75. The van der Waals surface area contributed by atoms with E-state index in [0.29, 0.717) is 18.2 Å². The van der Waals surface area contributed by atoms with E-state index in [1.807, 2.05) is 36.6 Å². The van der Waals surface area contributed by atoms with Crippen LogP contribution in [0.15, 0.2) is 34.1 Å². The molecule has 1 unspecified atom stereocenters. The zero-order chi connectivity index (χ0) is 18.5. The van der Waals surface area contributed by atoms with Gasteiger partial charge in [0.2, 0.25) is 5.89 Å². The molecule has 0 aliphatic rings. The Morgan fingerprint density at radius 1 is 1.23 bits per heavy atom. The van der Waals surface area contributed by atoms with Crippen LogP contribution in [0.1, 0.15) is 41.1 Å². The van der Waals surface area contributed by atoms with Crippen molar-refractivity contribution in [2.75, 3.05) is 0 Å². The van der Waals surface area contributed by atoms with Crippen LogP contribution in [0, 0.1) is 13.8 Å². The molecule has 2 aromatic heterocycles. The highest BCUT2D eigenvalue weighted by Gasteiger charge is 2.18. The van der Waals surface area contributed by atoms with Crippen LogP contribution in [0.25, 0.3) is 0 Å². The molecule has 8 heteroatoms. The van der Waals surface area contributed by atoms with Crippen molar-refractivity contribution in [3.8, 4) is 5.75 Å². The zero-order valence-corrected chi connectivity index (χ0v) is 15.6. The molecule has 0 saturated heterocycles. The molecule has 0 N–H and O–H groups in total. The second-order valence-electron chi connectivity index (χ2n) is 5.80. The Morgan fingerprint density at radius 3 is 2.69 bits per heavy atom. The van der Waals surface area contributed by atoms with Gasteiger partial charge in [0.05, 0.1) is 12.1 Å². The van der Waals surface area contributed by atoms with E-state index in [0.717, 1.165) is 10.8 Å². The maximum Gasteiger partial charge on any atom is 0.312 e. The van der Waals surface area contributed by atoms with E-state index in [9.17, 15) is 4.79 Å². The van der Waals surface area contributed by atoms with Crippen molar-refractivity contribution in [2.24, 2.45) is 0 Å². The van der Waals surface area contributed by atoms with Gasteiger partial charge in [-0.05, 0) is 26.0 Å². The van der Waals surface area contributed by atoms with E-state index >= 15 is 0 Å². The fourth-order valence-corrected chi connectivity index (χ4v) is 2.89. The number of ether oxygens (including phenoxy) is 2. The molecule has 7 nitrogen and oxygen atoms in total. The Bertz CT molecular complexity index is 873. The Kier molecular flexibility index (Phi) is 5.62. The van der Waals surface area contributed by atoms with Crippen molar-refractivity contribution in [3.05, 3.63) is 57.7 Å². The van der Waals surface area contributed by atoms with Gasteiger partial charge in [-0.2, -0.15) is 0 Å². The minimum atomic E-state index is -0.591. The van der Waals surface area contributed by atoms with E-state index in [-0.39, 0.29) is 12.3 Å². The summed E-state index contributed by atoms with van der Waals surface area (Å²) in [5, 5.41) is 10.2. The topological polar surface area (TPSA) is 87.3 Å². The fraction of sp³-hybridized carbons (Fsp3) is 0.333. The minimum absolute atomic E-state index is 0.0818. The van der Waals surface area contributed by atoms with Crippen LogP contribution in [0.5, 0.6) is 5.75 Å². The van der Waals surface area contributed by atoms with Crippen LogP contribution in [-0.4, -0.2) is 21.2 Å². The number of carbonyl (C=O) groups excluding carboxylic acids is 1. The number of rotatable bonds is 7. The van der Waals surface area contributed by atoms with Crippen LogP contribution in [0.4, 0.5) is 0 Å². The van der Waals surface area contributed by atoms with E-state index in [1.165, 1.54) is 16.9 Å². The summed E-state index contributed by atoms with van der Waals surface area (Å²) >= 11 is 1.45. The molecule has 0 bridgehead atoms. The lowest BCUT2D eigenvalue weighted by molar-refractivity contribution is -0.148. The van der Waals surface area contributed by atoms with Gasteiger partial charge in [0.25, 0.3) is 5.89 Å². The fourth-order valence-electron chi connectivity index (χ4n) is 2.19. The molecule has 26 heavy (non-hydrogen) atoms. The van der Waals surface area contributed by atoms with Crippen molar-refractivity contribution >= 4 is 17.3 Å². The molecule has 0 saturated carbocycles. The third kappa shape index (κ3) is 4.89. The molecule has 0 aliphatic carbocycles. The van der Waals surface area contributed by atoms with Gasteiger partial charge in [-0.3, -0.25) is 4.79 Å². The highest BCUT2D eigenvalue weighted by molar-refractivity contribution is 7.09. The predicted octanol–water partition coefficient (Wildman–Crippen LogP) is 3.57. The molecule has 0 radical (unpaired) electrons. The van der Waals surface area contributed by atoms with E-state index < -0.39 is 12.1 Å². The summed E-state index contributed by atoms with van der Waals surface area (Å²) in [6.07, 6.45) is -0.509. The highest BCUT2D eigenvalue weighted by Crippen LogP contribution is 2.18. The number of aromatic nitrogens is 3. The normalized spacial score (nSPS) is 12.0. The van der Waals surface area contributed by atoms with Crippen LogP contribution < -0.4 is 4.74 Å². The molecule has 136 valence electrons. The monoisotopic (exact) mass is 373 g/mol. The van der Waals surface area contributed by atoms with Gasteiger partial charge in [0.15, 0.2) is 6.10 Å². The molecule has 0 fully saturated rings. The molecule has 3 aromatic rings. The van der Waals surface area contributed by atoms with Crippen LogP contribution in [-0.2, 0) is 22.6 Å².